The fraction of sp³-hybridized carbons (Fsp3) is 0.269. The van der Waals surface area contributed by atoms with E-state index >= 15 is 0 Å². The molecule has 1 aliphatic rings. The van der Waals surface area contributed by atoms with Crippen molar-refractivity contribution in [3.63, 3.8) is 0 Å². The summed E-state index contributed by atoms with van der Waals surface area (Å²) >= 11 is 0. The molecular weight excluding hydrogens is 360 g/mol. The Bertz CT molecular complexity index is 1020. The average Bonchev–Trinajstić information content (AvgIpc) is 2.73. The standard InChI is InChI=1S/C26H26O3/c1-3-18-4-6-19(7-5-18)17-26(2)15-14-21-10-13-23(16-24(21)29-26)20-8-11-22(12-9-20)25(27)28/h4-13,16H,3,14-15,17H2,1-2H3,(H,27,28). The number of benzene rings is 3. The van der Waals surface area contributed by atoms with Gasteiger partial charge in [-0.3, -0.25) is 0 Å². The van der Waals surface area contributed by atoms with Gasteiger partial charge in [-0.2, -0.15) is 0 Å². The number of carboxylic acids is 1. The highest BCUT2D eigenvalue weighted by Gasteiger charge is 2.32. The van der Waals surface area contributed by atoms with Gasteiger partial charge in [-0.1, -0.05) is 55.5 Å². The molecule has 0 saturated carbocycles. The van der Waals surface area contributed by atoms with Crippen LogP contribution in [0, 0.1) is 0 Å². The second-order valence-corrected chi connectivity index (χ2v) is 8.10. The smallest absolute Gasteiger partial charge is 0.335 e. The fourth-order valence-electron chi connectivity index (χ4n) is 4.01. The zero-order valence-corrected chi connectivity index (χ0v) is 16.9. The number of aryl methyl sites for hydroxylation is 2. The Balaban J connectivity index is 1.56. The minimum Gasteiger partial charge on any atom is -0.487 e. The second-order valence-electron chi connectivity index (χ2n) is 8.10. The quantitative estimate of drug-likeness (QED) is 0.590. The van der Waals surface area contributed by atoms with Crippen LogP contribution in [0.4, 0.5) is 0 Å². The van der Waals surface area contributed by atoms with Crippen molar-refractivity contribution in [2.45, 2.75) is 45.1 Å². The number of hydrogen-bond acceptors (Lipinski definition) is 2. The van der Waals surface area contributed by atoms with Gasteiger partial charge in [0.1, 0.15) is 11.4 Å². The van der Waals surface area contributed by atoms with Crippen LogP contribution in [-0.2, 0) is 19.3 Å². The van der Waals surface area contributed by atoms with E-state index in [9.17, 15) is 4.79 Å². The molecule has 0 fully saturated rings. The van der Waals surface area contributed by atoms with Crippen LogP contribution < -0.4 is 4.74 Å². The van der Waals surface area contributed by atoms with Gasteiger partial charge in [-0.05, 0) is 72.2 Å². The summed E-state index contributed by atoms with van der Waals surface area (Å²) in [5.74, 6) is 0.0248. The topological polar surface area (TPSA) is 46.5 Å². The predicted octanol–water partition coefficient (Wildman–Crippen LogP) is 5.94. The number of rotatable bonds is 5. The zero-order valence-electron chi connectivity index (χ0n) is 16.9. The van der Waals surface area contributed by atoms with Gasteiger partial charge in [0, 0.05) is 6.42 Å². The Labute approximate surface area is 172 Å². The minimum atomic E-state index is -0.909. The molecule has 0 aliphatic carbocycles. The molecule has 1 atom stereocenters. The normalized spacial score (nSPS) is 18.0. The highest BCUT2D eigenvalue weighted by Crippen LogP contribution is 2.37. The van der Waals surface area contributed by atoms with Crippen LogP contribution in [0.1, 0.15) is 47.3 Å². The van der Waals surface area contributed by atoms with E-state index in [1.807, 2.05) is 12.1 Å². The highest BCUT2D eigenvalue weighted by molar-refractivity contribution is 5.88. The average molecular weight is 386 g/mol. The summed E-state index contributed by atoms with van der Waals surface area (Å²) < 4.78 is 6.51. The Morgan fingerprint density at radius 3 is 2.28 bits per heavy atom. The van der Waals surface area contributed by atoms with Gasteiger partial charge < -0.3 is 9.84 Å². The largest absolute Gasteiger partial charge is 0.487 e. The first kappa shape index (κ1) is 19.3. The summed E-state index contributed by atoms with van der Waals surface area (Å²) in [4.78, 5) is 11.1. The lowest BCUT2D eigenvalue weighted by atomic mass is 9.86. The van der Waals surface area contributed by atoms with Crippen LogP contribution in [0.15, 0.2) is 66.7 Å². The van der Waals surface area contributed by atoms with Crippen molar-refractivity contribution in [3.8, 4) is 16.9 Å². The molecule has 3 aromatic carbocycles. The first-order chi connectivity index (χ1) is 14.0. The molecule has 148 valence electrons. The lowest BCUT2D eigenvalue weighted by Crippen LogP contribution is -2.38. The maximum Gasteiger partial charge on any atom is 0.335 e. The molecule has 1 heterocycles. The third kappa shape index (κ3) is 4.19. The van der Waals surface area contributed by atoms with Gasteiger partial charge in [0.15, 0.2) is 0 Å². The summed E-state index contributed by atoms with van der Waals surface area (Å²) in [5, 5.41) is 9.09. The third-order valence-corrected chi connectivity index (χ3v) is 5.82. The van der Waals surface area contributed by atoms with Crippen molar-refractivity contribution in [3.05, 3.63) is 89.0 Å². The molecule has 29 heavy (non-hydrogen) atoms. The number of carbonyl (C=O) groups is 1. The van der Waals surface area contributed by atoms with E-state index in [4.69, 9.17) is 9.84 Å². The molecule has 0 aromatic heterocycles. The van der Waals surface area contributed by atoms with Crippen LogP contribution in [0.2, 0.25) is 0 Å². The van der Waals surface area contributed by atoms with Crippen molar-refractivity contribution in [1.29, 1.82) is 0 Å². The van der Waals surface area contributed by atoms with Gasteiger partial charge in [0.05, 0.1) is 5.56 Å². The highest BCUT2D eigenvalue weighted by atomic mass is 16.5. The van der Waals surface area contributed by atoms with E-state index in [0.717, 1.165) is 42.6 Å². The number of ether oxygens (including phenoxy) is 1. The van der Waals surface area contributed by atoms with Crippen LogP contribution in [0.25, 0.3) is 11.1 Å². The molecule has 1 aliphatic heterocycles. The van der Waals surface area contributed by atoms with Crippen LogP contribution in [0.3, 0.4) is 0 Å². The molecule has 3 nitrogen and oxygen atoms in total. The van der Waals surface area contributed by atoms with Crippen molar-refractivity contribution in [2.24, 2.45) is 0 Å². The third-order valence-electron chi connectivity index (χ3n) is 5.82. The molecule has 1 N–H and O–H groups in total. The summed E-state index contributed by atoms with van der Waals surface area (Å²) in [6.45, 7) is 4.36. The van der Waals surface area contributed by atoms with Crippen molar-refractivity contribution in [1.82, 2.24) is 0 Å². The van der Waals surface area contributed by atoms with Crippen LogP contribution >= 0.6 is 0 Å². The monoisotopic (exact) mass is 386 g/mol. The van der Waals surface area contributed by atoms with Gasteiger partial charge in [-0.25, -0.2) is 4.79 Å². The Morgan fingerprint density at radius 1 is 0.966 bits per heavy atom. The maximum absolute atomic E-state index is 11.1. The van der Waals surface area contributed by atoms with E-state index in [1.54, 1.807) is 12.1 Å². The van der Waals surface area contributed by atoms with E-state index in [1.165, 1.54) is 16.7 Å². The van der Waals surface area contributed by atoms with Crippen LogP contribution in [0.5, 0.6) is 5.75 Å². The summed E-state index contributed by atoms with van der Waals surface area (Å²) in [5.41, 5.74) is 5.98. The van der Waals surface area contributed by atoms with E-state index < -0.39 is 5.97 Å². The van der Waals surface area contributed by atoms with E-state index in [0.29, 0.717) is 5.56 Å². The second kappa shape index (κ2) is 7.75. The van der Waals surface area contributed by atoms with Gasteiger partial charge in [0.2, 0.25) is 0 Å². The van der Waals surface area contributed by atoms with E-state index in [2.05, 4.69) is 56.3 Å². The summed E-state index contributed by atoms with van der Waals surface area (Å²) in [6.07, 6.45) is 3.92. The molecule has 4 rings (SSSR count). The summed E-state index contributed by atoms with van der Waals surface area (Å²) in [7, 11) is 0. The lowest BCUT2D eigenvalue weighted by molar-refractivity contribution is 0.0654. The van der Waals surface area contributed by atoms with E-state index in [-0.39, 0.29) is 5.60 Å². The molecule has 0 radical (unpaired) electrons. The SMILES string of the molecule is CCc1ccc(CC2(C)CCc3ccc(-c4ccc(C(=O)O)cc4)cc3O2)cc1. The Kier molecular flexibility index (Phi) is 5.14. The van der Waals surface area contributed by atoms with Crippen LogP contribution in [-0.4, -0.2) is 16.7 Å². The molecule has 3 heteroatoms. The first-order valence-electron chi connectivity index (χ1n) is 10.2. The Morgan fingerprint density at radius 2 is 1.62 bits per heavy atom. The molecular formula is C26H26O3. The fourth-order valence-corrected chi connectivity index (χ4v) is 4.01. The molecule has 0 amide bonds. The van der Waals surface area contributed by atoms with Gasteiger partial charge >= 0.3 is 5.97 Å². The number of aromatic carboxylic acids is 1. The maximum atomic E-state index is 11.1. The molecule has 0 saturated heterocycles. The molecule has 3 aromatic rings. The predicted molar refractivity (Wildman–Crippen MR) is 116 cm³/mol. The van der Waals surface area contributed by atoms with Crippen molar-refractivity contribution < 1.29 is 14.6 Å². The van der Waals surface area contributed by atoms with Crippen molar-refractivity contribution in [2.75, 3.05) is 0 Å². The summed E-state index contributed by atoms with van der Waals surface area (Å²) in [6, 6.07) is 22.1. The number of fused-ring (bicyclic) bond motifs is 1. The van der Waals surface area contributed by atoms with Crippen molar-refractivity contribution >= 4 is 5.97 Å². The minimum absolute atomic E-state index is 0.230. The number of carboxylic acid groups (broad SMARTS) is 1. The molecule has 0 bridgehead atoms. The first-order valence-corrected chi connectivity index (χ1v) is 10.2. The van der Waals surface area contributed by atoms with Gasteiger partial charge in [0.25, 0.3) is 0 Å². The molecule has 0 spiro atoms. The molecule has 1 unspecified atom stereocenters. The number of hydrogen-bond donors (Lipinski definition) is 1. The lowest BCUT2D eigenvalue weighted by Gasteiger charge is -2.36. The zero-order chi connectivity index (χ0) is 20.4. The Hall–Kier alpha value is -3.07. The van der Waals surface area contributed by atoms with Gasteiger partial charge in [-0.15, -0.1) is 0 Å².